The number of amides is 2. The van der Waals surface area contributed by atoms with E-state index in [0.717, 1.165) is 13.1 Å². The Morgan fingerprint density at radius 1 is 1.00 bits per heavy atom. The number of hydrogen-bond acceptors (Lipinski definition) is 6. The van der Waals surface area contributed by atoms with Gasteiger partial charge in [0.1, 0.15) is 5.56 Å². The Morgan fingerprint density at radius 3 is 2.36 bits per heavy atom. The number of likely N-dealkylation sites (N-methyl/N-ethyl adjacent to an activating group) is 1. The second-order valence-corrected chi connectivity index (χ2v) is 8.96. The number of pyridine rings is 1. The molecule has 1 aliphatic rings. The minimum atomic E-state index is -0.537. The predicted molar refractivity (Wildman–Crippen MR) is 139 cm³/mol. The average molecular weight is 513 g/mol. The lowest BCUT2D eigenvalue weighted by Gasteiger charge is -2.31. The van der Waals surface area contributed by atoms with E-state index in [0.29, 0.717) is 41.2 Å². The van der Waals surface area contributed by atoms with Gasteiger partial charge in [-0.3, -0.25) is 9.59 Å². The molecule has 0 radical (unpaired) electrons. The number of carbonyl (C=O) groups excluding carboxylic acids is 2. The number of aryl methyl sites for hydroxylation is 1. The standard InChI is InChI=1S/C26H29ClN4O5/c1-4-31(18-9-6-5-7-10-18)25(33)22-23(21-19(27)11-8-12-20(21)29(3)24(22)32)35-17-36-26(34)30-15-13-28(2)14-16-30/h5-12H,4,13-17H2,1-3H3. The van der Waals surface area contributed by atoms with Gasteiger partial charge >= 0.3 is 6.09 Å². The number of nitrogens with zero attached hydrogens (tertiary/aromatic N) is 4. The van der Waals surface area contributed by atoms with Gasteiger partial charge in [-0.1, -0.05) is 35.9 Å². The number of carbonyl (C=O) groups is 2. The van der Waals surface area contributed by atoms with E-state index in [1.807, 2.05) is 32.2 Å². The maximum Gasteiger partial charge on any atom is 0.412 e. The molecule has 0 unspecified atom stereocenters. The molecular formula is C26H29ClN4O5. The molecule has 36 heavy (non-hydrogen) atoms. The number of ether oxygens (including phenoxy) is 2. The highest BCUT2D eigenvalue weighted by Gasteiger charge is 2.29. The predicted octanol–water partition coefficient (Wildman–Crippen LogP) is 3.58. The summed E-state index contributed by atoms with van der Waals surface area (Å²) in [5.41, 5.74) is 0.412. The number of halogens is 1. The van der Waals surface area contributed by atoms with Crippen molar-refractivity contribution in [3.05, 3.63) is 69.5 Å². The van der Waals surface area contributed by atoms with Crippen molar-refractivity contribution in [3.63, 3.8) is 0 Å². The van der Waals surface area contributed by atoms with E-state index in [2.05, 4.69) is 4.90 Å². The third-order valence-electron chi connectivity index (χ3n) is 6.32. The van der Waals surface area contributed by atoms with Gasteiger partial charge in [0.05, 0.1) is 15.9 Å². The molecule has 1 aromatic heterocycles. The van der Waals surface area contributed by atoms with Crippen LogP contribution in [0.25, 0.3) is 10.9 Å². The van der Waals surface area contributed by atoms with Gasteiger partial charge in [0.25, 0.3) is 11.5 Å². The van der Waals surface area contributed by atoms with Crippen LogP contribution >= 0.6 is 11.6 Å². The number of benzene rings is 2. The first-order valence-corrected chi connectivity index (χ1v) is 12.1. The van der Waals surface area contributed by atoms with Gasteiger partial charge in [0.15, 0.2) is 5.75 Å². The molecule has 190 valence electrons. The molecule has 0 aliphatic carbocycles. The summed E-state index contributed by atoms with van der Waals surface area (Å²) in [7, 11) is 3.57. The summed E-state index contributed by atoms with van der Waals surface area (Å²) in [5.74, 6) is -0.546. The first kappa shape index (κ1) is 25.5. The van der Waals surface area contributed by atoms with E-state index in [-0.39, 0.29) is 11.3 Å². The van der Waals surface area contributed by atoms with E-state index in [9.17, 15) is 14.4 Å². The van der Waals surface area contributed by atoms with Crippen LogP contribution in [0.5, 0.6) is 5.75 Å². The van der Waals surface area contributed by atoms with E-state index < -0.39 is 24.4 Å². The topological polar surface area (TPSA) is 84.3 Å². The van der Waals surface area contributed by atoms with Gasteiger partial charge in [-0.05, 0) is 38.2 Å². The van der Waals surface area contributed by atoms with Gasteiger partial charge in [-0.25, -0.2) is 4.79 Å². The maximum absolute atomic E-state index is 13.8. The van der Waals surface area contributed by atoms with Gasteiger partial charge < -0.3 is 28.7 Å². The molecule has 2 heterocycles. The Bertz CT molecular complexity index is 1320. The molecular weight excluding hydrogens is 484 g/mol. The molecule has 4 rings (SSSR count). The van der Waals surface area contributed by atoms with Crippen molar-refractivity contribution in [1.29, 1.82) is 0 Å². The Labute approximate surface area is 214 Å². The van der Waals surface area contributed by atoms with Gasteiger partial charge in [-0.15, -0.1) is 0 Å². The van der Waals surface area contributed by atoms with Crippen molar-refractivity contribution in [1.82, 2.24) is 14.4 Å². The fourth-order valence-electron chi connectivity index (χ4n) is 4.25. The number of piperazine rings is 1. The highest BCUT2D eigenvalue weighted by atomic mass is 35.5. The molecule has 2 amide bonds. The SMILES string of the molecule is CCN(C(=O)c1c(OCOC(=O)N2CCN(C)CC2)c2c(Cl)cccc2n(C)c1=O)c1ccccc1. The smallest absolute Gasteiger partial charge is 0.412 e. The van der Waals surface area contributed by atoms with Crippen LogP contribution in [0.3, 0.4) is 0 Å². The van der Waals surface area contributed by atoms with Crippen LogP contribution in [-0.2, 0) is 11.8 Å². The minimum Gasteiger partial charge on any atom is -0.455 e. The molecule has 0 saturated carbocycles. The lowest BCUT2D eigenvalue weighted by atomic mass is 10.1. The molecule has 3 aromatic rings. The van der Waals surface area contributed by atoms with Crippen molar-refractivity contribution >= 4 is 40.2 Å². The second kappa shape index (κ2) is 11.0. The summed E-state index contributed by atoms with van der Waals surface area (Å²) in [6.07, 6.45) is -0.519. The van der Waals surface area contributed by atoms with Crippen LogP contribution in [0.2, 0.25) is 5.02 Å². The van der Waals surface area contributed by atoms with Crippen LogP contribution in [0.1, 0.15) is 17.3 Å². The molecule has 0 atom stereocenters. The normalized spacial score (nSPS) is 14.1. The first-order valence-electron chi connectivity index (χ1n) is 11.7. The fourth-order valence-corrected chi connectivity index (χ4v) is 4.51. The summed E-state index contributed by atoms with van der Waals surface area (Å²) < 4.78 is 12.6. The molecule has 0 spiro atoms. The Balaban J connectivity index is 1.71. The van der Waals surface area contributed by atoms with Crippen LogP contribution in [0.15, 0.2) is 53.3 Å². The number of aromatic nitrogens is 1. The van der Waals surface area contributed by atoms with Gasteiger partial charge in [-0.2, -0.15) is 0 Å². The molecule has 9 nitrogen and oxygen atoms in total. The molecule has 1 fully saturated rings. The van der Waals surface area contributed by atoms with Crippen molar-refractivity contribution in [2.75, 3.05) is 51.5 Å². The molecule has 2 aromatic carbocycles. The van der Waals surface area contributed by atoms with Gasteiger partial charge in [0.2, 0.25) is 6.79 Å². The molecule has 1 saturated heterocycles. The second-order valence-electron chi connectivity index (χ2n) is 8.55. The monoisotopic (exact) mass is 512 g/mol. The summed E-state index contributed by atoms with van der Waals surface area (Å²) in [4.78, 5) is 45.0. The first-order chi connectivity index (χ1) is 17.3. The Kier molecular flexibility index (Phi) is 7.81. The highest BCUT2D eigenvalue weighted by molar-refractivity contribution is 6.36. The third-order valence-corrected chi connectivity index (χ3v) is 6.63. The van der Waals surface area contributed by atoms with E-state index in [1.165, 1.54) is 9.47 Å². The summed E-state index contributed by atoms with van der Waals surface area (Å²) in [6, 6.07) is 14.1. The van der Waals surface area contributed by atoms with Gasteiger partial charge in [0, 0.05) is 45.5 Å². The van der Waals surface area contributed by atoms with Crippen LogP contribution in [0.4, 0.5) is 10.5 Å². The Morgan fingerprint density at radius 2 is 1.69 bits per heavy atom. The van der Waals surface area contributed by atoms with Crippen LogP contribution in [0, 0.1) is 0 Å². The van der Waals surface area contributed by atoms with Crippen molar-refractivity contribution < 1.29 is 19.1 Å². The summed E-state index contributed by atoms with van der Waals surface area (Å²) >= 11 is 6.53. The third kappa shape index (κ3) is 5.03. The number of anilines is 1. The van der Waals surface area contributed by atoms with Crippen LogP contribution in [-0.4, -0.2) is 72.9 Å². The van der Waals surface area contributed by atoms with Crippen molar-refractivity contribution in [3.8, 4) is 5.75 Å². The minimum absolute atomic E-state index is 0.00995. The maximum atomic E-state index is 13.8. The van der Waals surface area contributed by atoms with Crippen molar-refractivity contribution in [2.24, 2.45) is 7.05 Å². The molecule has 0 bridgehead atoms. The summed E-state index contributed by atoms with van der Waals surface area (Å²) in [5, 5.41) is 0.699. The number of rotatable bonds is 6. The number of hydrogen-bond donors (Lipinski definition) is 0. The molecule has 0 N–H and O–H groups in total. The Hall–Kier alpha value is -3.56. The van der Waals surface area contributed by atoms with E-state index in [4.69, 9.17) is 21.1 Å². The fraction of sp³-hybridized carbons (Fsp3) is 0.346. The zero-order valence-corrected chi connectivity index (χ0v) is 21.3. The summed E-state index contributed by atoms with van der Waals surface area (Å²) in [6.45, 7) is 4.25. The lowest BCUT2D eigenvalue weighted by Crippen LogP contribution is -2.47. The highest BCUT2D eigenvalue weighted by Crippen LogP contribution is 2.34. The zero-order chi connectivity index (χ0) is 25.8. The van der Waals surface area contributed by atoms with E-state index >= 15 is 0 Å². The lowest BCUT2D eigenvalue weighted by molar-refractivity contribution is 0.0267. The zero-order valence-electron chi connectivity index (χ0n) is 20.6. The van der Waals surface area contributed by atoms with Crippen LogP contribution < -0.4 is 15.2 Å². The number of fused-ring (bicyclic) bond motifs is 1. The largest absolute Gasteiger partial charge is 0.455 e. The number of para-hydroxylation sites is 1. The molecule has 1 aliphatic heterocycles. The van der Waals surface area contributed by atoms with E-state index in [1.54, 1.807) is 42.3 Å². The quantitative estimate of drug-likeness (QED) is 0.469. The van der Waals surface area contributed by atoms with Crippen molar-refractivity contribution in [2.45, 2.75) is 6.92 Å². The average Bonchev–Trinajstić information content (AvgIpc) is 2.88. The molecule has 10 heteroatoms.